The van der Waals surface area contributed by atoms with E-state index in [2.05, 4.69) is 33.4 Å². The summed E-state index contributed by atoms with van der Waals surface area (Å²) in [5.41, 5.74) is 2.61. The van der Waals surface area contributed by atoms with E-state index in [1.54, 1.807) is 0 Å². The second-order valence-corrected chi connectivity index (χ2v) is 2.27. The van der Waals surface area contributed by atoms with Crippen molar-refractivity contribution in [2.45, 2.75) is 33.6 Å². The maximum absolute atomic E-state index is 3.88. The number of rotatable bonds is 3. The van der Waals surface area contributed by atoms with E-state index in [1.165, 1.54) is 11.1 Å². The van der Waals surface area contributed by atoms with Gasteiger partial charge in [-0.3, -0.25) is 0 Å². The second-order valence-electron chi connectivity index (χ2n) is 2.27. The van der Waals surface area contributed by atoms with Crippen LogP contribution >= 0.6 is 0 Å². The molecule has 0 saturated carbocycles. The van der Waals surface area contributed by atoms with Gasteiger partial charge in [0.1, 0.15) is 0 Å². The molecule has 9 heavy (non-hydrogen) atoms. The summed E-state index contributed by atoms with van der Waals surface area (Å²) in [4.78, 5) is 0. The Morgan fingerprint density at radius 2 is 2.00 bits per heavy atom. The van der Waals surface area contributed by atoms with Crippen molar-refractivity contribution in [1.82, 2.24) is 0 Å². The molecule has 0 aromatic rings. The highest BCUT2D eigenvalue weighted by molar-refractivity contribution is 5.25. The van der Waals surface area contributed by atoms with Gasteiger partial charge >= 0.3 is 0 Å². The number of hydrogen-bond donors (Lipinski definition) is 0. The first-order valence-electron chi connectivity index (χ1n) is 3.57. The van der Waals surface area contributed by atoms with Crippen molar-refractivity contribution in [1.29, 1.82) is 0 Å². The number of allylic oxidation sites excluding steroid dienone is 3. The van der Waals surface area contributed by atoms with Gasteiger partial charge in [0.05, 0.1) is 0 Å². The SMILES string of the molecule is C=C(C)C(=CCC)CC. The Bertz CT molecular complexity index is 118. The minimum Gasteiger partial charge on any atom is -0.0958 e. The van der Waals surface area contributed by atoms with Crippen LogP contribution in [0.4, 0.5) is 0 Å². The molecule has 0 spiro atoms. The van der Waals surface area contributed by atoms with Crippen LogP contribution in [0, 0.1) is 0 Å². The van der Waals surface area contributed by atoms with E-state index in [0.717, 1.165) is 12.8 Å². The molecule has 0 aliphatic heterocycles. The molecule has 52 valence electrons. The van der Waals surface area contributed by atoms with Crippen LogP contribution in [-0.2, 0) is 0 Å². The second kappa shape index (κ2) is 4.37. The summed E-state index contributed by atoms with van der Waals surface area (Å²) in [5.74, 6) is 0. The predicted molar refractivity (Wildman–Crippen MR) is 43.5 cm³/mol. The zero-order chi connectivity index (χ0) is 7.28. The van der Waals surface area contributed by atoms with Crippen LogP contribution in [0.1, 0.15) is 33.6 Å². The molecule has 0 saturated heterocycles. The third-order valence-corrected chi connectivity index (χ3v) is 1.38. The van der Waals surface area contributed by atoms with Gasteiger partial charge in [0, 0.05) is 0 Å². The monoisotopic (exact) mass is 124 g/mol. The first kappa shape index (κ1) is 8.48. The largest absolute Gasteiger partial charge is 0.0958 e. The molecule has 0 unspecified atom stereocenters. The molecule has 0 fully saturated rings. The van der Waals surface area contributed by atoms with Gasteiger partial charge in [-0.2, -0.15) is 0 Å². The van der Waals surface area contributed by atoms with Gasteiger partial charge in [-0.15, -0.1) is 0 Å². The molecule has 0 N–H and O–H groups in total. The zero-order valence-corrected chi connectivity index (χ0v) is 6.70. The Balaban J connectivity index is 3.98. The molecule has 0 heterocycles. The Hall–Kier alpha value is -0.520. The maximum Gasteiger partial charge on any atom is -0.0308 e. The molecule has 0 nitrogen and oxygen atoms in total. The van der Waals surface area contributed by atoms with Crippen LogP contribution in [0.25, 0.3) is 0 Å². The molecule has 0 amide bonds. The van der Waals surface area contributed by atoms with Gasteiger partial charge in [-0.1, -0.05) is 32.1 Å². The summed E-state index contributed by atoms with van der Waals surface area (Å²) in [5, 5.41) is 0. The highest BCUT2D eigenvalue weighted by Crippen LogP contribution is 2.10. The van der Waals surface area contributed by atoms with Crippen molar-refractivity contribution < 1.29 is 0 Å². The zero-order valence-electron chi connectivity index (χ0n) is 6.70. The van der Waals surface area contributed by atoms with E-state index in [1.807, 2.05) is 0 Å². The summed E-state index contributed by atoms with van der Waals surface area (Å²) in [6.45, 7) is 10.3. The average Bonchev–Trinajstić information content (AvgIpc) is 1.82. The normalized spacial score (nSPS) is 11.7. The van der Waals surface area contributed by atoms with Gasteiger partial charge in [-0.05, 0) is 25.3 Å². The summed E-state index contributed by atoms with van der Waals surface area (Å²) in [6.07, 6.45) is 4.47. The van der Waals surface area contributed by atoms with Crippen molar-refractivity contribution in [3.05, 3.63) is 23.8 Å². The minimum absolute atomic E-state index is 1.11. The van der Waals surface area contributed by atoms with Crippen LogP contribution in [0.3, 0.4) is 0 Å². The van der Waals surface area contributed by atoms with Gasteiger partial charge in [0.15, 0.2) is 0 Å². The fourth-order valence-corrected chi connectivity index (χ4v) is 0.867. The number of hydrogen-bond acceptors (Lipinski definition) is 0. The Morgan fingerprint density at radius 3 is 2.11 bits per heavy atom. The van der Waals surface area contributed by atoms with E-state index >= 15 is 0 Å². The average molecular weight is 124 g/mol. The van der Waals surface area contributed by atoms with Crippen molar-refractivity contribution in [2.24, 2.45) is 0 Å². The first-order valence-corrected chi connectivity index (χ1v) is 3.57. The minimum atomic E-state index is 1.11. The van der Waals surface area contributed by atoms with Crippen LogP contribution in [-0.4, -0.2) is 0 Å². The molecule has 0 aliphatic carbocycles. The smallest absolute Gasteiger partial charge is 0.0308 e. The Morgan fingerprint density at radius 1 is 1.44 bits per heavy atom. The van der Waals surface area contributed by atoms with Gasteiger partial charge < -0.3 is 0 Å². The third kappa shape index (κ3) is 3.12. The lowest BCUT2D eigenvalue weighted by Gasteiger charge is -2.00. The molecule has 0 bridgehead atoms. The summed E-state index contributed by atoms with van der Waals surface area (Å²) in [7, 11) is 0. The molecule has 0 radical (unpaired) electrons. The highest BCUT2D eigenvalue weighted by Gasteiger charge is 1.90. The molecule has 0 aliphatic rings. The molecular formula is C9H16. The summed E-state index contributed by atoms with van der Waals surface area (Å²) >= 11 is 0. The van der Waals surface area contributed by atoms with Crippen LogP contribution in [0.5, 0.6) is 0 Å². The predicted octanol–water partition coefficient (Wildman–Crippen LogP) is 3.31. The Kier molecular flexibility index (Phi) is 4.12. The molecule has 0 rings (SSSR count). The standard InChI is InChI=1S/C9H16/c1-5-7-9(6-2)8(3)4/h7H,3,5-6H2,1-2,4H3. The van der Waals surface area contributed by atoms with Crippen LogP contribution in [0.2, 0.25) is 0 Å². The van der Waals surface area contributed by atoms with Crippen molar-refractivity contribution >= 4 is 0 Å². The molecule has 0 aromatic carbocycles. The van der Waals surface area contributed by atoms with E-state index in [9.17, 15) is 0 Å². The Labute approximate surface area is 58.3 Å². The molecule has 0 atom stereocenters. The van der Waals surface area contributed by atoms with Gasteiger partial charge in [0.2, 0.25) is 0 Å². The lowest BCUT2D eigenvalue weighted by atomic mass is 10.1. The van der Waals surface area contributed by atoms with Gasteiger partial charge in [-0.25, -0.2) is 0 Å². The quantitative estimate of drug-likeness (QED) is 0.506. The van der Waals surface area contributed by atoms with E-state index < -0.39 is 0 Å². The third-order valence-electron chi connectivity index (χ3n) is 1.38. The molecule has 0 heteroatoms. The topological polar surface area (TPSA) is 0 Å². The fraction of sp³-hybridized carbons (Fsp3) is 0.556. The lowest BCUT2D eigenvalue weighted by molar-refractivity contribution is 1.07. The fourth-order valence-electron chi connectivity index (χ4n) is 0.867. The van der Waals surface area contributed by atoms with E-state index in [4.69, 9.17) is 0 Å². The van der Waals surface area contributed by atoms with Gasteiger partial charge in [0.25, 0.3) is 0 Å². The first-order chi connectivity index (χ1) is 4.22. The highest BCUT2D eigenvalue weighted by atomic mass is 14.0. The van der Waals surface area contributed by atoms with E-state index in [-0.39, 0.29) is 0 Å². The summed E-state index contributed by atoms with van der Waals surface area (Å²) < 4.78 is 0. The van der Waals surface area contributed by atoms with E-state index in [0.29, 0.717) is 0 Å². The lowest BCUT2D eigenvalue weighted by Crippen LogP contribution is -1.79. The molecular weight excluding hydrogens is 108 g/mol. The maximum atomic E-state index is 3.88. The van der Waals surface area contributed by atoms with Crippen LogP contribution in [0.15, 0.2) is 23.8 Å². The molecule has 0 aromatic heterocycles. The summed E-state index contributed by atoms with van der Waals surface area (Å²) in [6, 6.07) is 0. The van der Waals surface area contributed by atoms with Crippen molar-refractivity contribution in [3.63, 3.8) is 0 Å². The van der Waals surface area contributed by atoms with Crippen molar-refractivity contribution in [2.75, 3.05) is 0 Å². The van der Waals surface area contributed by atoms with Crippen molar-refractivity contribution in [3.8, 4) is 0 Å². The van der Waals surface area contributed by atoms with Crippen LogP contribution < -0.4 is 0 Å².